The van der Waals surface area contributed by atoms with E-state index in [4.69, 9.17) is 14.2 Å². The first-order valence-electron chi connectivity index (χ1n) is 11.8. The summed E-state index contributed by atoms with van der Waals surface area (Å²) in [7, 11) is 0. The Kier molecular flexibility index (Phi) is 10.5. The Morgan fingerprint density at radius 3 is 2.19 bits per heavy atom. The second kappa shape index (κ2) is 12.9. The topological polar surface area (TPSA) is 114 Å². The molecule has 13 heteroatoms. The van der Waals surface area contributed by atoms with Crippen molar-refractivity contribution < 1.29 is 51.3 Å². The minimum atomic E-state index is -1.80. The van der Waals surface area contributed by atoms with Crippen LogP contribution in [0.25, 0.3) is 0 Å². The third-order valence-electron chi connectivity index (χ3n) is 5.46. The van der Waals surface area contributed by atoms with Gasteiger partial charge in [-0.1, -0.05) is 0 Å². The van der Waals surface area contributed by atoms with Crippen LogP contribution in [0.4, 0.5) is 22.4 Å². The molecular weight excluding hydrogens is 504 g/mol. The Morgan fingerprint density at radius 2 is 1.68 bits per heavy atom. The second-order valence-corrected chi connectivity index (χ2v) is 9.54. The molecule has 1 aliphatic rings. The lowest BCUT2D eigenvalue weighted by molar-refractivity contribution is -0.156. The van der Waals surface area contributed by atoms with E-state index in [0.717, 1.165) is 0 Å². The number of ether oxygens (including phenoxy) is 3. The molecule has 0 aliphatic carbocycles. The van der Waals surface area contributed by atoms with Crippen molar-refractivity contribution in [1.82, 2.24) is 10.2 Å². The minimum absolute atomic E-state index is 0.00668. The Labute approximate surface area is 212 Å². The van der Waals surface area contributed by atoms with Crippen LogP contribution in [0.1, 0.15) is 47.0 Å². The quantitative estimate of drug-likeness (QED) is 0.283. The number of rotatable bonds is 9. The summed E-state index contributed by atoms with van der Waals surface area (Å²) >= 11 is 0. The van der Waals surface area contributed by atoms with Crippen molar-refractivity contribution in [2.45, 2.75) is 64.7 Å². The van der Waals surface area contributed by atoms with Gasteiger partial charge in [0.25, 0.3) is 0 Å². The molecule has 0 aromatic heterocycles. The molecule has 2 rings (SSSR count). The van der Waals surface area contributed by atoms with Gasteiger partial charge in [-0.15, -0.1) is 0 Å². The smallest absolute Gasteiger partial charge is 0.409 e. The van der Waals surface area contributed by atoms with Gasteiger partial charge in [0.1, 0.15) is 18.3 Å². The molecule has 1 aromatic carbocycles. The van der Waals surface area contributed by atoms with E-state index in [2.05, 4.69) is 5.32 Å². The highest BCUT2D eigenvalue weighted by Crippen LogP contribution is 2.27. The monoisotopic (exact) mass is 536 g/mol. The lowest BCUT2D eigenvalue weighted by Gasteiger charge is -2.32. The van der Waals surface area contributed by atoms with E-state index in [9.17, 15) is 37.1 Å². The van der Waals surface area contributed by atoms with Crippen LogP contribution in [0, 0.1) is 29.2 Å². The number of halogens is 4. The summed E-state index contributed by atoms with van der Waals surface area (Å²) in [4.78, 5) is 38.6. The molecular formula is C24H32F4N2O7. The van der Waals surface area contributed by atoms with E-state index in [-0.39, 0.29) is 38.6 Å². The van der Waals surface area contributed by atoms with Crippen molar-refractivity contribution in [3.63, 3.8) is 0 Å². The normalized spacial score (nSPS) is 16.1. The fourth-order valence-electron chi connectivity index (χ4n) is 3.65. The minimum Gasteiger partial charge on any atom is -0.485 e. The van der Waals surface area contributed by atoms with Crippen LogP contribution in [0.3, 0.4) is 0 Å². The molecule has 0 spiro atoms. The number of esters is 1. The highest BCUT2D eigenvalue weighted by molar-refractivity contribution is 5.80. The number of hydrogen-bond acceptors (Lipinski definition) is 7. The molecule has 2 amide bonds. The van der Waals surface area contributed by atoms with E-state index in [0.29, 0.717) is 0 Å². The molecule has 2 atom stereocenters. The van der Waals surface area contributed by atoms with E-state index < -0.39 is 83.7 Å². The van der Waals surface area contributed by atoms with Crippen LogP contribution < -0.4 is 10.1 Å². The van der Waals surface area contributed by atoms with Gasteiger partial charge in [0, 0.05) is 25.1 Å². The predicted octanol–water partition coefficient (Wildman–Crippen LogP) is 3.07. The van der Waals surface area contributed by atoms with Gasteiger partial charge in [-0.2, -0.15) is 8.78 Å². The molecule has 0 bridgehead atoms. The average Bonchev–Trinajstić information content (AvgIpc) is 2.81. The summed E-state index contributed by atoms with van der Waals surface area (Å²) in [6, 6.07) is -1.32. The summed E-state index contributed by atoms with van der Waals surface area (Å²) < 4.78 is 69.7. The number of hydrogen-bond donors (Lipinski definition) is 2. The highest BCUT2D eigenvalue weighted by atomic mass is 19.2. The van der Waals surface area contributed by atoms with E-state index >= 15 is 0 Å². The van der Waals surface area contributed by atoms with Gasteiger partial charge in [0.15, 0.2) is 17.4 Å². The zero-order valence-electron chi connectivity index (χ0n) is 21.1. The lowest BCUT2D eigenvalue weighted by atomic mass is 9.95. The molecule has 1 saturated heterocycles. The maximum Gasteiger partial charge on any atom is 0.409 e. The maximum absolute atomic E-state index is 13.9. The summed E-state index contributed by atoms with van der Waals surface area (Å²) in [5.74, 6) is -10.3. The first kappa shape index (κ1) is 30.1. The third kappa shape index (κ3) is 8.76. The number of piperidine rings is 1. The van der Waals surface area contributed by atoms with Crippen LogP contribution in [0.5, 0.6) is 5.75 Å². The predicted molar refractivity (Wildman–Crippen MR) is 121 cm³/mol. The van der Waals surface area contributed by atoms with E-state index in [1.165, 1.54) is 4.90 Å². The highest BCUT2D eigenvalue weighted by Gasteiger charge is 2.33. The van der Waals surface area contributed by atoms with Crippen LogP contribution in [-0.4, -0.2) is 72.0 Å². The number of benzene rings is 1. The maximum atomic E-state index is 13.9. The van der Waals surface area contributed by atoms with Gasteiger partial charge >= 0.3 is 12.1 Å². The number of aliphatic hydroxyl groups excluding tert-OH is 1. The van der Waals surface area contributed by atoms with Crippen molar-refractivity contribution in [3.8, 4) is 5.75 Å². The van der Waals surface area contributed by atoms with Gasteiger partial charge in [-0.3, -0.25) is 9.59 Å². The molecule has 37 heavy (non-hydrogen) atoms. The molecule has 9 nitrogen and oxygen atoms in total. The largest absolute Gasteiger partial charge is 0.485 e. The molecule has 0 saturated carbocycles. The Balaban J connectivity index is 2.10. The van der Waals surface area contributed by atoms with Crippen LogP contribution in [0.2, 0.25) is 0 Å². The number of aliphatic hydroxyl groups is 1. The van der Waals surface area contributed by atoms with Crippen molar-refractivity contribution >= 4 is 18.0 Å². The van der Waals surface area contributed by atoms with Crippen molar-refractivity contribution in [1.29, 1.82) is 0 Å². The van der Waals surface area contributed by atoms with Crippen molar-refractivity contribution in [3.05, 3.63) is 29.3 Å². The molecule has 208 valence electrons. The molecule has 1 unspecified atom stereocenters. The molecule has 1 aliphatic heterocycles. The van der Waals surface area contributed by atoms with Gasteiger partial charge in [-0.25, -0.2) is 13.6 Å². The summed E-state index contributed by atoms with van der Waals surface area (Å²) in [5, 5.41) is 13.1. The Hall–Kier alpha value is -3.09. The van der Waals surface area contributed by atoms with Crippen molar-refractivity contribution in [2.24, 2.45) is 5.92 Å². The van der Waals surface area contributed by atoms with Gasteiger partial charge < -0.3 is 29.5 Å². The number of amides is 2. The molecule has 0 radical (unpaired) electrons. The fourth-order valence-corrected chi connectivity index (χ4v) is 3.65. The summed E-state index contributed by atoms with van der Waals surface area (Å²) in [5.41, 5.74) is -0.877. The second-order valence-electron chi connectivity index (χ2n) is 9.54. The zero-order valence-corrected chi connectivity index (χ0v) is 21.1. The van der Waals surface area contributed by atoms with Gasteiger partial charge in [0.05, 0.1) is 19.1 Å². The van der Waals surface area contributed by atoms with Crippen LogP contribution in [-0.2, 0) is 19.1 Å². The summed E-state index contributed by atoms with van der Waals surface area (Å²) in [6.45, 7) is 6.31. The molecule has 1 heterocycles. The number of likely N-dealkylation sites (tertiary alicyclic amines) is 1. The van der Waals surface area contributed by atoms with Crippen molar-refractivity contribution in [2.75, 3.05) is 26.3 Å². The van der Waals surface area contributed by atoms with Gasteiger partial charge in [0.2, 0.25) is 17.5 Å². The molecule has 2 N–H and O–H groups in total. The lowest BCUT2D eigenvalue weighted by Crippen LogP contribution is -2.51. The standard InChI is InChI=1S/C24H32F4N2O7/c1-5-35-23(34)30-8-6-13(7-9-30)22(33)29-16(11-18(32)37-24(2,3)4)17(31)12-36-21-19(27)14(25)10-15(26)20(21)28/h10,13,16-17,31H,5-9,11-12H2,1-4H3,(H,29,33)/t16-,17?/m0/s1. The first-order valence-corrected chi connectivity index (χ1v) is 11.8. The number of nitrogens with one attached hydrogen (secondary N) is 1. The number of carbonyl (C=O) groups is 3. The summed E-state index contributed by atoms with van der Waals surface area (Å²) in [6.07, 6.45) is -2.17. The first-order chi connectivity index (χ1) is 17.2. The number of nitrogens with zero attached hydrogens (tertiary/aromatic N) is 1. The van der Waals surface area contributed by atoms with E-state index in [1.54, 1.807) is 27.7 Å². The zero-order chi connectivity index (χ0) is 27.9. The SMILES string of the molecule is CCOC(=O)N1CCC(C(=O)N[C@@H](CC(=O)OC(C)(C)C)C(O)COc2c(F)c(F)cc(F)c2F)CC1. The van der Waals surface area contributed by atoms with Crippen LogP contribution >= 0.6 is 0 Å². The fraction of sp³-hybridized carbons (Fsp3) is 0.625. The molecule has 1 fully saturated rings. The molecule has 1 aromatic rings. The van der Waals surface area contributed by atoms with E-state index in [1.807, 2.05) is 0 Å². The van der Waals surface area contributed by atoms with Crippen LogP contribution in [0.15, 0.2) is 6.07 Å². The Morgan fingerprint density at radius 1 is 1.11 bits per heavy atom. The third-order valence-corrected chi connectivity index (χ3v) is 5.46. The average molecular weight is 537 g/mol. The van der Waals surface area contributed by atoms with Gasteiger partial charge in [-0.05, 0) is 40.5 Å². The number of carbonyl (C=O) groups excluding carboxylic acids is 3. The Bertz CT molecular complexity index is 953.